The normalized spacial score (nSPS) is 10.5. The van der Waals surface area contributed by atoms with E-state index in [0.29, 0.717) is 34.5 Å². The summed E-state index contributed by atoms with van der Waals surface area (Å²) in [5.74, 6) is 1.08. The summed E-state index contributed by atoms with van der Waals surface area (Å²) in [5, 5.41) is 9.53. The van der Waals surface area contributed by atoms with Crippen molar-refractivity contribution in [2.45, 2.75) is 20.8 Å². The highest BCUT2D eigenvalue weighted by Crippen LogP contribution is 2.30. The molecule has 0 aliphatic rings. The van der Waals surface area contributed by atoms with Crippen LogP contribution in [0.15, 0.2) is 72.8 Å². The number of rotatable bonds is 7. The lowest BCUT2D eigenvalue weighted by molar-refractivity contribution is 0.102. The van der Waals surface area contributed by atoms with Gasteiger partial charge in [0, 0.05) is 11.4 Å². The summed E-state index contributed by atoms with van der Waals surface area (Å²) in [4.78, 5) is 22.4. The van der Waals surface area contributed by atoms with E-state index >= 15 is 0 Å². The summed E-state index contributed by atoms with van der Waals surface area (Å²) in [6.07, 6.45) is 0. The third kappa shape index (κ3) is 5.32. The summed E-state index contributed by atoms with van der Waals surface area (Å²) in [6.45, 7) is 5.90. The minimum absolute atomic E-state index is 0.310. The van der Waals surface area contributed by atoms with E-state index in [0.717, 1.165) is 16.9 Å². The van der Waals surface area contributed by atoms with Crippen LogP contribution in [0.25, 0.3) is 0 Å². The number of nitrogens with zero attached hydrogens (tertiary/aromatic N) is 2. The Balaban J connectivity index is 1.70. The second-order valence-electron chi connectivity index (χ2n) is 7.99. The summed E-state index contributed by atoms with van der Waals surface area (Å²) < 4.78 is 5.35. The zero-order valence-corrected chi connectivity index (χ0v) is 19.6. The van der Waals surface area contributed by atoms with Gasteiger partial charge in [0.15, 0.2) is 5.82 Å². The molecule has 0 spiro atoms. The number of carbonyl (C=O) groups is 1. The monoisotopic (exact) mass is 453 g/mol. The summed E-state index contributed by atoms with van der Waals surface area (Å²) in [5.41, 5.74) is 5.56. The van der Waals surface area contributed by atoms with Crippen molar-refractivity contribution in [3.63, 3.8) is 0 Å². The van der Waals surface area contributed by atoms with E-state index in [4.69, 9.17) is 4.74 Å². The molecular weight excluding hydrogens is 426 g/mol. The van der Waals surface area contributed by atoms with Crippen molar-refractivity contribution in [3.05, 3.63) is 95.2 Å². The van der Waals surface area contributed by atoms with Crippen LogP contribution in [0, 0.1) is 20.8 Å². The zero-order valence-electron chi connectivity index (χ0n) is 19.6. The molecule has 0 aliphatic carbocycles. The number of para-hydroxylation sites is 1. The zero-order chi connectivity index (χ0) is 24.1. The first-order chi connectivity index (χ1) is 16.4. The number of hydrogen-bond acceptors (Lipinski definition) is 6. The number of amides is 1. The Morgan fingerprint density at radius 1 is 0.765 bits per heavy atom. The van der Waals surface area contributed by atoms with Gasteiger partial charge in [-0.1, -0.05) is 47.5 Å². The molecule has 172 valence electrons. The van der Waals surface area contributed by atoms with Crippen LogP contribution in [-0.2, 0) is 0 Å². The van der Waals surface area contributed by atoms with Crippen molar-refractivity contribution in [2.75, 3.05) is 23.1 Å². The number of carbonyl (C=O) groups excluding carboxylic acids is 1. The topological polar surface area (TPSA) is 88.2 Å². The molecule has 0 saturated heterocycles. The first kappa shape index (κ1) is 22.8. The Kier molecular flexibility index (Phi) is 6.73. The van der Waals surface area contributed by atoms with Crippen LogP contribution in [-0.4, -0.2) is 23.0 Å². The van der Waals surface area contributed by atoms with E-state index in [9.17, 15) is 4.79 Å². The maximum Gasteiger partial charge on any atom is 0.259 e. The molecule has 1 amide bonds. The number of aryl methyl sites for hydroxylation is 3. The van der Waals surface area contributed by atoms with Crippen molar-refractivity contribution < 1.29 is 9.53 Å². The molecule has 0 bridgehead atoms. The van der Waals surface area contributed by atoms with Gasteiger partial charge in [-0.15, -0.1) is 0 Å². The molecule has 7 heteroatoms. The lowest BCUT2D eigenvalue weighted by Gasteiger charge is -2.17. The van der Waals surface area contributed by atoms with Gasteiger partial charge >= 0.3 is 0 Å². The van der Waals surface area contributed by atoms with Crippen LogP contribution >= 0.6 is 0 Å². The van der Waals surface area contributed by atoms with Crippen molar-refractivity contribution in [3.8, 4) is 5.75 Å². The van der Waals surface area contributed by atoms with Crippen LogP contribution in [0.5, 0.6) is 5.75 Å². The molecule has 0 radical (unpaired) electrons. The Hall–Kier alpha value is -4.39. The van der Waals surface area contributed by atoms with Crippen LogP contribution < -0.4 is 20.7 Å². The highest BCUT2D eigenvalue weighted by atomic mass is 16.5. The average Bonchev–Trinajstić information content (AvgIpc) is 2.84. The predicted molar refractivity (Wildman–Crippen MR) is 137 cm³/mol. The molecule has 3 N–H and O–H groups in total. The smallest absolute Gasteiger partial charge is 0.259 e. The van der Waals surface area contributed by atoms with E-state index in [1.165, 1.54) is 12.7 Å². The molecule has 3 aromatic carbocycles. The van der Waals surface area contributed by atoms with Gasteiger partial charge < -0.3 is 20.7 Å². The van der Waals surface area contributed by atoms with E-state index < -0.39 is 0 Å². The van der Waals surface area contributed by atoms with Crippen LogP contribution in [0.1, 0.15) is 27.2 Å². The van der Waals surface area contributed by atoms with Crippen molar-refractivity contribution in [1.82, 2.24) is 9.97 Å². The van der Waals surface area contributed by atoms with Gasteiger partial charge in [-0.05, 0) is 57.2 Å². The van der Waals surface area contributed by atoms with E-state index in [2.05, 4.69) is 25.9 Å². The largest absolute Gasteiger partial charge is 0.496 e. The van der Waals surface area contributed by atoms with Crippen molar-refractivity contribution in [1.29, 1.82) is 0 Å². The summed E-state index contributed by atoms with van der Waals surface area (Å²) in [7, 11) is 1.54. The first-order valence-corrected chi connectivity index (χ1v) is 10.9. The molecule has 0 aliphatic heterocycles. The highest BCUT2D eigenvalue weighted by Gasteiger charge is 2.18. The number of nitrogens with one attached hydrogen (secondary N) is 3. The lowest BCUT2D eigenvalue weighted by Crippen LogP contribution is -2.17. The molecule has 0 saturated carbocycles. The number of hydrogen-bond donors (Lipinski definition) is 3. The maximum atomic E-state index is 13.1. The van der Waals surface area contributed by atoms with Gasteiger partial charge in [0.05, 0.1) is 18.4 Å². The standard InChI is InChI=1S/C27H27N5O2/c1-17-9-13-20(14-10-17)29-25-24(31-26(33)22-7-5-6-8-23(22)34-4)19(3)28-27(32-25)30-21-15-11-18(2)12-16-21/h5-16H,1-4H3,(H,31,33)(H2,28,29,30,32). The molecule has 7 nitrogen and oxygen atoms in total. The molecule has 4 aromatic rings. The average molecular weight is 454 g/mol. The highest BCUT2D eigenvalue weighted by molar-refractivity contribution is 6.08. The number of benzene rings is 3. The molecule has 1 aromatic heterocycles. The second-order valence-corrected chi connectivity index (χ2v) is 7.99. The molecule has 1 heterocycles. The fourth-order valence-electron chi connectivity index (χ4n) is 3.42. The van der Waals surface area contributed by atoms with E-state index in [1.54, 1.807) is 18.2 Å². The molecule has 0 atom stereocenters. The predicted octanol–water partition coefficient (Wildman–Crippen LogP) is 6.15. The second kappa shape index (κ2) is 10.0. The SMILES string of the molecule is COc1ccccc1C(=O)Nc1c(C)nc(Nc2ccc(C)cc2)nc1Nc1ccc(C)cc1. The fourth-order valence-corrected chi connectivity index (χ4v) is 3.42. The van der Waals surface area contributed by atoms with Gasteiger partial charge in [-0.3, -0.25) is 4.79 Å². The Morgan fingerprint density at radius 3 is 1.97 bits per heavy atom. The maximum absolute atomic E-state index is 13.1. The summed E-state index contributed by atoms with van der Waals surface area (Å²) >= 11 is 0. The van der Waals surface area contributed by atoms with Gasteiger partial charge in [-0.25, -0.2) is 4.98 Å². The quantitative estimate of drug-likeness (QED) is 0.311. The Labute approximate surface area is 199 Å². The van der Waals surface area contributed by atoms with Crippen LogP contribution in [0.3, 0.4) is 0 Å². The van der Waals surface area contributed by atoms with Crippen molar-refractivity contribution in [2.24, 2.45) is 0 Å². The third-order valence-corrected chi connectivity index (χ3v) is 5.30. The number of ether oxygens (including phenoxy) is 1. The number of anilines is 5. The van der Waals surface area contributed by atoms with E-state index in [-0.39, 0.29) is 5.91 Å². The molecular formula is C27H27N5O2. The van der Waals surface area contributed by atoms with Gasteiger partial charge in [0.25, 0.3) is 5.91 Å². The number of methoxy groups -OCH3 is 1. The minimum Gasteiger partial charge on any atom is -0.496 e. The van der Waals surface area contributed by atoms with Gasteiger partial charge in [-0.2, -0.15) is 4.98 Å². The molecule has 4 rings (SSSR count). The lowest BCUT2D eigenvalue weighted by atomic mass is 10.1. The van der Waals surface area contributed by atoms with Gasteiger partial charge in [0.1, 0.15) is 11.4 Å². The molecule has 34 heavy (non-hydrogen) atoms. The number of aromatic nitrogens is 2. The minimum atomic E-state index is -0.310. The van der Waals surface area contributed by atoms with E-state index in [1.807, 2.05) is 75.4 Å². The Morgan fingerprint density at radius 2 is 1.35 bits per heavy atom. The fraction of sp³-hybridized carbons (Fsp3) is 0.148. The third-order valence-electron chi connectivity index (χ3n) is 5.30. The van der Waals surface area contributed by atoms with Gasteiger partial charge in [0.2, 0.25) is 5.95 Å². The van der Waals surface area contributed by atoms with Crippen LogP contribution in [0.4, 0.5) is 28.8 Å². The first-order valence-electron chi connectivity index (χ1n) is 10.9. The Bertz CT molecular complexity index is 1300. The molecule has 0 unspecified atom stereocenters. The molecule has 0 fully saturated rings. The van der Waals surface area contributed by atoms with Crippen LogP contribution in [0.2, 0.25) is 0 Å². The summed E-state index contributed by atoms with van der Waals surface area (Å²) in [6, 6.07) is 23.0. The van der Waals surface area contributed by atoms with Crippen molar-refractivity contribution >= 4 is 34.7 Å².